The van der Waals surface area contributed by atoms with Crippen molar-refractivity contribution in [2.45, 2.75) is 13.8 Å². The number of ether oxygens (including phenoxy) is 1. The van der Waals surface area contributed by atoms with E-state index in [4.69, 9.17) is 4.74 Å². The van der Waals surface area contributed by atoms with E-state index in [9.17, 15) is 4.79 Å². The molecule has 0 fully saturated rings. The van der Waals surface area contributed by atoms with Crippen molar-refractivity contribution in [3.8, 4) is 5.75 Å². The number of urea groups is 1. The van der Waals surface area contributed by atoms with Gasteiger partial charge in [-0.1, -0.05) is 32.0 Å². The van der Waals surface area contributed by atoms with Crippen molar-refractivity contribution in [3.05, 3.63) is 54.6 Å². The molecule has 0 aliphatic carbocycles. The van der Waals surface area contributed by atoms with Gasteiger partial charge < -0.3 is 15.4 Å². The maximum absolute atomic E-state index is 11.8. The van der Waals surface area contributed by atoms with Gasteiger partial charge in [0.05, 0.1) is 6.61 Å². The highest BCUT2D eigenvalue weighted by atomic mass is 16.5. The van der Waals surface area contributed by atoms with Crippen molar-refractivity contribution in [2.75, 3.05) is 17.2 Å². The topological polar surface area (TPSA) is 50.4 Å². The van der Waals surface area contributed by atoms with Gasteiger partial charge in [-0.25, -0.2) is 4.79 Å². The van der Waals surface area contributed by atoms with E-state index in [1.807, 2.05) is 54.6 Å². The Morgan fingerprint density at radius 2 is 1.52 bits per heavy atom. The highest BCUT2D eigenvalue weighted by Gasteiger charge is 2.03. The summed E-state index contributed by atoms with van der Waals surface area (Å²) in [4.78, 5) is 11.8. The number of benzene rings is 2. The van der Waals surface area contributed by atoms with Crippen LogP contribution in [0.3, 0.4) is 0 Å². The molecule has 2 N–H and O–H groups in total. The van der Waals surface area contributed by atoms with Crippen LogP contribution in [0.15, 0.2) is 54.6 Å². The quantitative estimate of drug-likeness (QED) is 0.856. The van der Waals surface area contributed by atoms with Crippen molar-refractivity contribution in [2.24, 2.45) is 5.92 Å². The monoisotopic (exact) mass is 284 g/mol. The van der Waals surface area contributed by atoms with Gasteiger partial charge in [0.15, 0.2) is 0 Å². The molecule has 2 aromatic rings. The van der Waals surface area contributed by atoms with Crippen molar-refractivity contribution in [3.63, 3.8) is 0 Å². The van der Waals surface area contributed by atoms with Crippen LogP contribution in [0.25, 0.3) is 0 Å². The molecule has 21 heavy (non-hydrogen) atoms. The number of hydrogen-bond donors (Lipinski definition) is 2. The first-order valence-electron chi connectivity index (χ1n) is 6.99. The minimum Gasteiger partial charge on any atom is -0.493 e. The van der Waals surface area contributed by atoms with Crippen LogP contribution in [0.5, 0.6) is 5.75 Å². The Hall–Kier alpha value is -2.49. The third-order valence-electron chi connectivity index (χ3n) is 2.73. The van der Waals surface area contributed by atoms with Gasteiger partial charge in [0.25, 0.3) is 0 Å². The molecule has 2 amide bonds. The van der Waals surface area contributed by atoms with Gasteiger partial charge in [0.1, 0.15) is 5.75 Å². The predicted molar refractivity (Wildman–Crippen MR) is 85.9 cm³/mol. The Balaban J connectivity index is 1.86. The lowest BCUT2D eigenvalue weighted by atomic mass is 10.2. The van der Waals surface area contributed by atoms with Gasteiger partial charge >= 0.3 is 6.03 Å². The van der Waals surface area contributed by atoms with E-state index in [1.54, 1.807) is 0 Å². The molecule has 0 saturated carbocycles. The molecule has 0 saturated heterocycles. The second kappa shape index (κ2) is 7.33. The molecule has 0 aliphatic rings. The molecular weight excluding hydrogens is 264 g/mol. The van der Waals surface area contributed by atoms with Gasteiger partial charge in [-0.3, -0.25) is 0 Å². The number of para-hydroxylation sites is 1. The average molecular weight is 284 g/mol. The number of carbonyl (C=O) groups is 1. The van der Waals surface area contributed by atoms with Crippen LogP contribution in [0.1, 0.15) is 13.8 Å². The largest absolute Gasteiger partial charge is 0.493 e. The van der Waals surface area contributed by atoms with Crippen LogP contribution < -0.4 is 15.4 Å². The standard InChI is InChI=1S/C17H20N2O2/c1-13(2)12-21-16-10-8-15(9-11-16)19-17(20)18-14-6-4-3-5-7-14/h3-11,13H,12H2,1-2H3,(H2,18,19,20). The van der Waals surface area contributed by atoms with Crippen LogP contribution in [-0.4, -0.2) is 12.6 Å². The van der Waals surface area contributed by atoms with Gasteiger partial charge in [-0.2, -0.15) is 0 Å². The highest BCUT2D eigenvalue weighted by molar-refractivity contribution is 5.99. The number of anilines is 2. The van der Waals surface area contributed by atoms with Gasteiger partial charge in [0, 0.05) is 11.4 Å². The molecule has 0 aliphatic heterocycles. The Kier molecular flexibility index (Phi) is 5.21. The molecule has 0 radical (unpaired) electrons. The first kappa shape index (κ1) is 14.9. The van der Waals surface area contributed by atoms with Crippen LogP contribution in [0, 0.1) is 5.92 Å². The molecule has 2 aromatic carbocycles. The van der Waals surface area contributed by atoms with Crippen molar-refractivity contribution in [1.82, 2.24) is 0 Å². The maximum Gasteiger partial charge on any atom is 0.323 e. The van der Waals surface area contributed by atoms with E-state index in [2.05, 4.69) is 24.5 Å². The van der Waals surface area contributed by atoms with E-state index in [1.165, 1.54) is 0 Å². The van der Waals surface area contributed by atoms with E-state index >= 15 is 0 Å². The van der Waals surface area contributed by atoms with E-state index in [-0.39, 0.29) is 6.03 Å². The third kappa shape index (κ3) is 5.18. The minimum atomic E-state index is -0.267. The Morgan fingerprint density at radius 1 is 0.952 bits per heavy atom. The fraction of sp³-hybridized carbons (Fsp3) is 0.235. The molecule has 0 heterocycles. The lowest BCUT2D eigenvalue weighted by Gasteiger charge is -2.10. The lowest BCUT2D eigenvalue weighted by molar-refractivity contribution is 0.262. The fourth-order valence-corrected chi connectivity index (χ4v) is 1.71. The molecule has 2 rings (SSSR count). The van der Waals surface area contributed by atoms with Crippen molar-refractivity contribution in [1.29, 1.82) is 0 Å². The first-order chi connectivity index (χ1) is 10.1. The summed E-state index contributed by atoms with van der Waals surface area (Å²) in [5.41, 5.74) is 1.48. The zero-order valence-corrected chi connectivity index (χ0v) is 12.3. The summed E-state index contributed by atoms with van der Waals surface area (Å²) >= 11 is 0. The van der Waals surface area contributed by atoms with Crippen LogP contribution in [-0.2, 0) is 0 Å². The van der Waals surface area contributed by atoms with E-state index < -0.39 is 0 Å². The smallest absolute Gasteiger partial charge is 0.323 e. The van der Waals surface area contributed by atoms with Crippen molar-refractivity contribution >= 4 is 17.4 Å². The molecular formula is C17H20N2O2. The maximum atomic E-state index is 11.8. The molecule has 0 atom stereocenters. The number of amides is 2. The number of nitrogens with one attached hydrogen (secondary N) is 2. The van der Waals surface area contributed by atoms with Gasteiger partial charge in [0.2, 0.25) is 0 Å². The summed E-state index contributed by atoms with van der Waals surface area (Å²) < 4.78 is 5.59. The lowest BCUT2D eigenvalue weighted by Crippen LogP contribution is -2.19. The zero-order valence-electron chi connectivity index (χ0n) is 12.3. The van der Waals surface area contributed by atoms with Crippen molar-refractivity contribution < 1.29 is 9.53 Å². The Labute approximate surface area is 125 Å². The third-order valence-corrected chi connectivity index (χ3v) is 2.73. The SMILES string of the molecule is CC(C)COc1ccc(NC(=O)Nc2ccccc2)cc1. The Morgan fingerprint density at radius 3 is 2.10 bits per heavy atom. The molecule has 4 nitrogen and oxygen atoms in total. The average Bonchev–Trinajstić information content (AvgIpc) is 2.47. The van der Waals surface area contributed by atoms with E-state index in [0.29, 0.717) is 12.5 Å². The summed E-state index contributed by atoms with van der Waals surface area (Å²) in [5.74, 6) is 1.29. The molecule has 0 bridgehead atoms. The van der Waals surface area contributed by atoms with Crippen LogP contribution in [0.4, 0.5) is 16.2 Å². The predicted octanol–water partition coefficient (Wildman–Crippen LogP) is 4.37. The molecule has 110 valence electrons. The second-order valence-corrected chi connectivity index (χ2v) is 5.17. The normalized spacial score (nSPS) is 10.2. The van der Waals surface area contributed by atoms with Gasteiger partial charge in [-0.05, 0) is 42.3 Å². The highest BCUT2D eigenvalue weighted by Crippen LogP contribution is 2.16. The molecule has 0 spiro atoms. The number of carbonyl (C=O) groups excluding carboxylic acids is 1. The van der Waals surface area contributed by atoms with E-state index in [0.717, 1.165) is 17.1 Å². The van der Waals surface area contributed by atoms with Crippen LogP contribution >= 0.6 is 0 Å². The second-order valence-electron chi connectivity index (χ2n) is 5.17. The number of hydrogen-bond acceptors (Lipinski definition) is 2. The van der Waals surface area contributed by atoms with Gasteiger partial charge in [-0.15, -0.1) is 0 Å². The molecule has 0 unspecified atom stereocenters. The Bertz CT molecular complexity index is 565. The summed E-state index contributed by atoms with van der Waals surface area (Å²) in [5, 5.41) is 5.54. The summed E-state index contributed by atoms with van der Waals surface area (Å²) in [6, 6.07) is 16.4. The first-order valence-corrected chi connectivity index (χ1v) is 6.99. The summed E-state index contributed by atoms with van der Waals surface area (Å²) in [6.45, 7) is 4.88. The fourth-order valence-electron chi connectivity index (χ4n) is 1.71. The summed E-state index contributed by atoms with van der Waals surface area (Å²) in [6.07, 6.45) is 0. The molecule has 0 aromatic heterocycles. The minimum absolute atomic E-state index is 0.267. The van der Waals surface area contributed by atoms with Crippen LogP contribution in [0.2, 0.25) is 0 Å². The zero-order chi connectivity index (χ0) is 15.1. The number of rotatable bonds is 5. The molecule has 4 heteroatoms. The summed E-state index contributed by atoms with van der Waals surface area (Å²) in [7, 11) is 0.